The van der Waals surface area contributed by atoms with E-state index in [0.717, 1.165) is 19.4 Å². The third-order valence-electron chi connectivity index (χ3n) is 4.70. The SMILES string of the molecule is CCC1C(=O)NC(C)(C2CC2)C(=O)N1CC1CC1. The van der Waals surface area contributed by atoms with E-state index < -0.39 is 5.54 Å². The molecule has 3 rings (SSSR count). The van der Waals surface area contributed by atoms with Crippen LogP contribution in [-0.2, 0) is 9.59 Å². The molecule has 0 aromatic carbocycles. The van der Waals surface area contributed by atoms with Crippen molar-refractivity contribution in [1.82, 2.24) is 10.2 Å². The molecule has 1 heterocycles. The van der Waals surface area contributed by atoms with E-state index in [1.165, 1.54) is 12.8 Å². The lowest BCUT2D eigenvalue weighted by molar-refractivity contribution is -0.155. The van der Waals surface area contributed by atoms with Crippen molar-refractivity contribution in [3.8, 4) is 0 Å². The van der Waals surface area contributed by atoms with Crippen molar-refractivity contribution in [2.75, 3.05) is 6.54 Å². The van der Waals surface area contributed by atoms with Crippen LogP contribution in [0.5, 0.6) is 0 Å². The van der Waals surface area contributed by atoms with Crippen molar-refractivity contribution >= 4 is 11.8 Å². The van der Waals surface area contributed by atoms with Crippen molar-refractivity contribution in [2.45, 2.75) is 57.5 Å². The fraction of sp³-hybridized carbons (Fsp3) is 0.857. The molecular weight excluding hydrogens is 228 g/mol. The minimum absolute atomic E-state index is 0.0483. The molecule has 0 aromatic rings. The summed E-state index contributed by atoms with van der Waals surface area (Å²) >= 11 is 0. The number of amides is 2. The van der Waals surface area contributed by atoms with Crippen molar-refractivity contribution in [3.63, 3.8) is 0 Å². The Bertz CT molecular complexity index is 387. The predicted molar refractivity (Wildman–Crippen MR) is 67.8 cm³/mol. The van der Waals surface area contributed by atoms with E-state index in [1.807, 2.05) is 18.7 Å². The molecule has 3 aliphatic rings. The van der Waals surface area contributed by atoms with Crippen LogP contribution in [0.4, 0.5) is 0 Å². The largest absolute Gasteiger partial charge is 0.340 e. The molecule has 18 heavy (non-hydrogen) atoms. The number of nitrogens with one attached hydrogen (secondary N) is 1. The summed E-state index contributed by atoms with van der Waals surface area (Å²) in [5, 5.41) is 3.00. The minimum atomic E-state index is -0.627. The molecule has 0 radical (unpaired) electrons. The van der Waals surface area contributed by atoms with E-state index in [9.17, 15) is 9.59 Å². The molecule has 2 unspecified atom stereocenters. The van der Waals surface area contributed by atoms with E-state index in [0.29, 0.717) is 18.3 Å². The van der Waals surface area contributed by atoms with Gasteiger partial charge < -0.3 is 10.2 Å². The molecule has 0 aromatic heterocycles. The van der Waals surface area contributed by atoms with E-state index in [1.54, 1.807) is 0 Å². The van der Waals surface area contributed by atoms with Gasteiger partial charge in [-0.3, -0.25) is 9.59 Å². The molecule has 1 N–H and O–H groups in total. The molecule has 100 valence electrons. The number of nitrogens with zero attached hydrogens (tertiary/aromatic N) is 1. The Morgan fingerprint density at radius 1 is 1.28 bits per heavy atom. The number of carbonyl (C=O) groups excluding carboxylic acids is 2. The van der Waals surface area contributed by atoms with Crippen molar-refractivity contribution in [3.05, 3.63) is 0 Å². The zero-order valence-corrected chi connectivity index (χ0v) is 11.2. The maximum atomic E-state index is 12.7. The maximum Gasteiger partial charge on any atom is 0.249 e. The number of rotatable bonds is 4. The van der Waals surface area contributed by atoms with Gasteiger partial charge in [-0.15, -0.1) is 0 Å². The van der Waals surface area contributed by atoms with Gasteiger partial charge in [0.2, 0.25) is 11.8 Å². The summed E-state index contributed by atoms with van der Waals surface area (Å²) in [6, 6.07) is -0.245. The van der Waals surface area contributed by atoms with Crippen LogP contribution >= 0.6 is 0 Å². The molecule has 0 bridgehead atoms. The van der Waals surface area contributed by atoms with Crippen molar-refractivity contribution < 1.29 is 9.59 Å². The van der Waals surface area contributed by atoms with Crippen LogP contribution in [0.25, 0.3) is 0 Å². The van der Waals surface area contributed by atoms with Crippen LogP contribution in [-0.4, -0.2) is 34.8 Å². The first-order valence-corrected chi connectivity index (χ1v) is 7.19. The van der Waals surface area contributed by atoms with Crippen molar-refractivity contribution in [2.24, 2.45) is 11.8 Å². The highest BCUT2D eigenvalue weighted by Gasteiger charge is 2.55. The second kappa shape index (κ2) is 3.97. The highest BCUT2D eigenvalue weighted by atomic mass is 16.2. The number of piperazine rings is 1. The Labute approximate surface area is 108 Å². The fourth-order valence-electron chi connectivity index (χ4n) is 3.11. The Hall–Kier alpha value is -1.06. The van der Waals surface area contributed by atoms with E-state index in [-0.39, 0.29) is 17.9 Å². The molecule has 1 saturated heterocycles. The Morgan fingerprint density at radius 2 is 1.94 bits per heavy atom. The van der Waals surface area contributed by atoms with Crippen LogP contribution in [0.1, 0.15) is 46.0 Å². The van der Waals surface area contributed by atoms with Crippen LogP contribution in [0, 0.1) is 11.8 Å². The van der Waals surface area contributed by atoms with Crippen LogP contribution in [0.3, 0.4) is 0 Å². The van der Waals surface area contributed by atoms with Gasteiger partial charge in [0.1, 0.15) is 11.6 Å². The van der Waals surface area contributed by atoms with Gasteiger partial charge in [0.25, 0.3) is 0 Å². The maximum absolute atomic E-state index is 12.7. The molecule has 4 nitrogen and oxygen atoms in total. The summed E-state index contributed by atoms with van der Waals surface area (Å²) in [5.41, 5.74) is -0.627. The van der Waals surface area contributed by atoms with E-state index in [4.69, 9.17) is 0 Å². The van der Waals surface area contributed by atoms with E-state index in [2.05, 4.69) is 5.32 Å². The first kappa shape index (κ1) is 12.0. The highest BCUT2D eigenvalue weighted by Crippen LogP contribution is 2.43. The lowest BCUT2D eigenvalue weighted by Gasteiger charge is -2.44. The molecule has 3 fully saturated rings. The van der Waals surface area contributed by atoms with Gasteiger partial charge in [-0.25, -0.2) is 0 Å². The van der Waals surface area contributed by atoms with Gasteiger partial charge in [-0.05, 0) is 50.9 Å². The molecular formula is C14H22N2O2. The average Bonchev–Trinajstić information content (AvgIpc) is 3.16. The zero-order chi connectivity index (χ0) is 12.9. The fourth-order valence-corrected chi connectivity index (χ4v) is 3.11. The Morgan fingerprint density at radius 3 is 2.44 bits per heavy atom. The predicted octanol–water partition coefficient (Wildman–Crippen LogP) is 1.30. The highest BCUT2D eigenvalue weighted by molar-refractivity contribution is 6.00. The van der Waals surface area contributed by atoms with Gasteiger partial charge >= 0.3 is 0 Å². The first-order valence-electron chi connectivity index (χ1n) is 7.19. The van der Waals surface area contributed by atoms with Gasteiger partial charge in [0, 0.05) is 6.54 Å². The Kier molecular flexibility index (Phi) is 2.65. The lowest BCUT2D eigenvalue weighted by atomic mass is 9.88. The summed E-state index contributed by atoms with van der Waals surface area (Å²) in [6.45, 7) is 4.68. The van der Waals surface area contributed by atoms with Gasteiger partial charge in [-0.1, -0.05) is 6.92 Å². The topological polar surface area (TPSA) is 49.4 Å². The number of carbonyl (C=O) groups is 2. The van der Waals surface area contributed by atoms with Gasteiger partial charge in [0.15, 0.2) is 0 Å². The summed E-state index contributed by atoms with van der Waals surface area (Å²) in [4.78, 5) is 26.8. The van der Waals surface area contributed by atoms with Crippen LogP contribution < -0.4 is 5.32 Å². The van der Waals surface area contributed by atoms with Crippen molar-refractivity contribution in [1.29, 1.82) is 0 Å². The quantitative estimate of drug-likeness (QED) is 0.817. The molecule has 2 aliphatic carbocycles. The van der Waals surface area contributed by atoms with E-state index >= 15 is 0 Å². The first-order chi connectivity index (χ1) is 8.56. The summed E-state index contributed by atoms with van der Waals surface area (Å²) in [6.07, 6.45) is 5.27. The molecule has 2 saturated carbocycles. The second-order valence-electron chi connectivity index (χ2n) is 6.29. The van der Waals surface area contributed by atoms with Crippen LogP contribution in [0.2, 0.25) is 0 Å². The zero-order valence-electron chi connectivity index (χ0n) is 11.2. The standard InChI is InChI=1S/C14H22N2O2/c1-3-11-12(17)15-14(2,10-6-7-10)13(18)16(11)8-9-4-5-9/h9-11H,3-8H2,1-2H3,(H,15,17). The second-order valence-corrected chi connectivity index (χ2v) is 6.29. The third-order valence-corrected chi connectivity index (χ3v) is 4.70. The Balaban J connectivity index is 1.85. The lowest BCUT2D eigenvalue weighted by Crippen LogP contribution is -2.70. The van der Waals surface area contributed by atoms with Gasteiger partial charge in [0.05, 0.1) is 0 Å². The molecule has 0 spiro atoms. The third kappa shape index (κ3) is 1.82. The number of hydrogen-bond acceptors (Lipinski definition) is 2. The summed E-state index contributed by atoms with van der Waals surface area (Å²) in [5.74, 6) is 1.20. The normalized spacial score (nSPS) is 36.8. The van der Waals surface area contributed by atoms with Gasteiger partial charge in [-0.2, -0.15) is 0 Å². The van der Waals surface area contributed by atoms with Crippen LogP contribution in [0.15, 0.2) is 0 Å². The molecule has 2 atom stereocenters. The smallest absolute Gasteiger partial charge is 0.249 e. The molecule has 2 amide bonds. The summed E-state index contributed by atoms with van der Waals surface area (Å²) in [7, 11) is 0. The minimum Gasteiger partial charge on any atom is -0.340 e. The monoisotopic (exact) mass is 250 g/mol. The average molecular weight is 250 g/mol. The summed E-state index contributed by atoms with van der Waals surface area (Å²) < 4.78 is 0. The molecule has 1 aliphatic heterocycles. The number of hydrogen-bond donors (Lipinski definition) is 1. The molecule has 4 heteroatoms.